The number of hydrogen-bond acceptors (Lipinski definition) is 3. The first-order chi connectivity index (χ1) is 10.5. The monoisotopic (exact) mass is 452 g/mol. The van der Waals surface area contributed by atoms with Crippen LogP contribution in [-0.4, -0.2) is 28.0 Å². The molecule has 0 atom stereocenters. The second-order valence-corrected chi connectivity index (χ2v) is 7.59. The Morgan fingerprint density at radius 3 is 2.39 bits per heavy atom. The lowest BCUT2D eigenvalue weighted by molar-refractivity contribution is 0.315. The van der Waals surface area contributed by atoms with Crippen LogP contribution in [-0.2, 0) is 22.3 Å². The normalized spacial score (nSPS) is 15.6. The van der Waals surface area contributed by atoms with Crippen LogP contribution >= 0.6 is 24.0 Å². The molecule has 0 radical (unpaired) electrons. The zero-order valence-corrected chi connectivity index (χ0v) is 16.4. The van der Waals surface area contributed by atoms with Gasteiger partial charge in [-0.1, -0.05) is 30.7 Å². The first-order valence-corrected chi connectivity index (χ1v) is 9.16. The molecule has 0 bridgehead atoms. The summed E-state index contributed by atoms with van der Waals surface area (Å²) in [6.07, 6.45) is 3.87. The summed E-state index contributed by atoms with van der Waals surface area (Å²) in [6.45, 7) is 1.39. The lowest BCUT2D eigenvalue weighted by atomic mass is 9.85. The Morgan fingerprint density at radius 2 is 1.87 bits per heavy atom. The lowest BCUT2D eigenvalue weighted by Gasteiger charge is -2.25. The van der Waals surface area contributed by atoms with Crippen molar-refractivity contribution in [3.63, 3.8) is 0 Å². The van der Waals surface area contributed by atoms with Crippen molar-refractivity contribution >= 4 is 40.0 Å². The summed E-state index contributed by atoms with van der Waals surface area (Å²) < 4.78 is 25.2. The van der Waals surface area contributed by atoms with E-state index in [1.54, 1.807) is 12.1 Å². The van der Waals surface area contributed by atoms with Crippen molar-refractivity contribution in [3.05, 3.63) is 35.4 Å². The number of hydrogen-bond donors (Lipinski definition) is 3. The molecule has 130 valence electrons. The Bertz CT molecular complexity index is 613. The van der Waals surface area contributed by atoms with E-state index in [1.807, 2.05) is 12.1 Å². The molecule has 4 N–H and O–H groups in total. The molecule has 0 unspecified atom stereocenters. The Labute approximate surface area is 155 Å². The number of sulfonamides is 1. The van der Waals surface area contributed by atoms with Crippen molar-refractivity contribution in [1.82, 2.24) is 10.0 Å². The third-order valence-corrected chi connectivity index (χ3v) is 5.25. The minimum absolute atomic E-state index is 0. The number of rotatable bonds is 7. The molecular weight excluding hydrogens is 427 g/mol. The summed E-state index contributed by atoms with van der Waals surface area (Å²) in [7, 11) is -1.82. The van der Waals surface area contributed by atoms with E-state index >= 15 is 0 Å². The summed E-state index contributed by atoms with van der Waals surface area (Å²) in [5.41, 5.74) is 7.58. The highest BCUT2D eigenvalue weighted by molar-refractivity contribution is 14.0. The zero-order chi connectivity index (χ0) is 16.0. The fraction of sp³-hybridized carbons (Fsp3) is 0.533. The molecule has 23 heavy (non-hydrogen) atoms. The van der Waals surface area contributed by atoms with Gasteiger partial charge < -0.3 is 11.1 Å². The van der Waals surface area contributed by atoms with E-state index in [-0.39, 0.29) is 29.7 Å². The average molecular weight is 452 g/mol. The molecule has 0 amide bonds. The topological polar surface area (TPSA) is 96.6 Å². The lowest BCUT2D eigenvalue weighted by Crippen LogP contribution is -2.37. The van der Waals surface area contributed by atoms with Crippen LogP contribution in [0, 0.1) is 5.92 Å². The van der Waals surface area contributed by atoms with Crippen LogP contribution in [0.25, 0.3) is 0 Å². The SMILES string of the molecule is CNS(=O)(=O)Cc1ccc(CN=C(N)NCC2CCC2)cc1.I. The first kappa shape index (κ1) is 20.2. The quantitative estimate of drug-likeness (QED) is 0.332. The van der Waals surface area contributed by atoms with Crippen molar-refractivity contribution in [3.8, 4) is 0 Å². The number of nitrogens with one attached hydrogen (secondary N) is 2. The molecule has 0 heterocycles. The minimum Gasteiger partial charge on any atom is -0.370 e. The molecule has 0 aromatic heterocycles. The summed E-state index contributed by atoms with van der Waals surface area (Å²) >= 11 is 0. The summed E-state index contributed by atoms with van der Waals surface area (Å²) in [5.74, 6) is 1.19. The Kier molecular flexibility index (Phi) is 8.27. The molecule has 1 aliphatic carbocycles. The van der Waals surface area contributed by atoms with Gasteiger partial charge in [0.05, 0.1) is 12.3 Å². The van der Waals surface area contributed by atoms with Gasteiger partial charge in [0.25, 0.3) is 0 Å². The second kappa shape index (κ2) is 9.43. The van der Waals surface area contributed by atoms with Gasteiger partial charge in [0, 0.05) is 6.54 Å². The van der Waals surface area contributed by atoms with E-state index in [1.165, 1.54) is 26.3 Å². The molecular formula is C15H25IN4O2S. The van der Waals surface area contributed by atoms with Gasteiger partial charge in [0.1, 0.15) is 0 Å². The van der Waals surface area contributed by atoms with Crippen molar-refractivity contribution < 1.29 is 8.42 Å². The van der Waals surface area contributed by atoms with Crippen molar-refractivity contribution in [2.24, 2.45) is 16.6 Å². The van der Waals surface area contributed by atoms with Gasteiger partial charge in [-0.05, 0) is 36.9 Å². The van der Waals surface area contributed by atoms with Crippen LogP contribution in [0.4, 0.5) is 0 Å². The smallest absolute Gasteiger partial charge is 0.215 e. The molecule has 8 heteroatoms. The fourth-order valence-electron chi connectivity index (χ4n) is 2.21. The highest BCUT2D eigenvalue weighted by Crippen LogP contribution is 2.24. The summed E-state index contributed by atoms with van der Waals surface area (Å²) in [5, 5.41) is 3.15. The minimum atomic E-state index is -3.23. The van der Waals surface area contributed by atoms with Gasteiger partial charge in [-0.3, -0.25) is 0 Å². The van der Waals surface area contributed by atoms with Crippen LogP contribution < -0.4 is 15.8 Å². The molecule has 2 rings (SSSR count). The maximum atomic E-state index is 11.5. The average Bonchev–Trinajstić information content (AvgIpc) is 2.44. The van der Waals surface area contributed by atoms with Crippen molar-refractivity contribution in [2.75, 3.05) is 13.6 Å². The van der Waals surface area contributed by atoms with Crippen molar-refractivity contribution in [1.29, 1.82) is 0 Å². The molecule has 1 saturated carbocycles. The number of nitrogens with zero attached hydrogens (tertiary/aromatic N) is 1. The molecule has 0 saturated heterocycles. The van der Waals surface area contributed by atoms with Crippen LogP contribution in [0.1, 0.15) is 30.4 Å². The van der Waals surface area contributed by atoms with Gasteiger partial charge in [0.15, 0.2) is 5.96 Å². The van der Waals surface area contributed by atoms with Crippen LogP contribution in [0.5, 0.6) is 0 Å². The molecule has 1 fully saturated rings. The van der Waals surface area contributed by atoms with Gasteiger partial charge >= 0.3 is 0 Å². The largest absolute Gasteiger partial charge is 0.370 e. The van der Waals surface area contributed by atoms with E-state index < -0.39 is 10.0 Å². The summed E-state index contributed by atoms with van der Waals surface area (Å²) in [4.78, 5) is 4.30. The third-order valence-electron chi connectivity index (χ3n) is 3.92. The van der Waals surface area contributed by atoms with Crippen LogP contribution in [0.2, 0.25) is 0 Å². The Hall–Kier alpha value is -0.870. The summed E-state index contributed by atoms with van der Waals surface area (Å²) in [6, 6.07) is 7.36. The van der Waals surface area contributed by atoms with Crippen LogP contribution in [0.15, 0.2) is 29.3 Å². The molecule has 1 aromatic rings. The standard InChI is InChI=1S/C15H24N4O2S.HI/c1-17-22(20,21)11-14-7-5-13(6-8-14)10-19-15(16)18-9-12-3-2-4-12;/h5-8,12,17H,2-4,9-11H2,1H3,(H3,16,18,19);1H. The third kappa shape index (κ3) is 7.05. The van der Waals surface area contributed by atoms with Crippen LogP contribution in [0.3, 0.4) is 0 Å². The molecule has 0 spiro atoms. The number of nitrogens with two attached hydrogens (primary N) is 1. The molecule has 0 aliphatic heterocycles. The van der Waals surface area contributed by atoms with Gasteiger partial charge in [-0.25, -0.2) is 18.1 Å². The zero-order valence-electron chi connectivity index (χ0n) is 13.3. The second-order valence-electron chi connectivity index (χ2n) is 5.66. The number of aliphatic imine (C=N–C) groups is 1. The maximum absolute atomic E-state index is 11.5. The molecule has 1 aliphatic rings. The fourth-order valence-corrected chi connectivity index (χ4v) is 2.99. The highest BCUT2D eigenvalue weighted by atomic mass is 127. The van der Waals surface area contributed by atoms with Gasteiger partial charge in [-0.2, -0.15) is 0 Å². The Balaban J connectivity index is 0.00000264. The predicted octanol–water partition coefficient (Wildman–Crippen LogP) is 1.56. The van der Waals surface area contributed by atoms with E-state index in [4.69, 9.17) is 5.73 Å². The Morgan fingerprint density at radius 1 is 1.26 bits per heavy atom. The molecule has 1 aromatic carbocycles. The number of guanidine groups is 1. The first-order valence-electron chi connectivity index (χ1n) is 7.51. The van der Waals surface area contributed by atoms with Gasteiger partial charge in [0.2, 0.25) is 10.0 Å². The number of benzene rings is 1. The van der Waals surface area contributed by atoms with E-state index in [9.17, 15) is 8.42 Å². The van der Waals surface area contributed by atoms with E-state index in [0.717, 1.165) is 23.6 Å². The number of halogens is 1. The van der Waals surface area contributed by atoms with Crippen molar-refractivity contribution in [2.45, 2.75) is 31.6 Å². The molecule has 6 nitrogen and oxygen atoms in total. The van der Waals surface area contributed by atoms with E-state index in [0.29, 0.717) is 12.5 Å². The maximum Gasteiger partial charge on any atom is 0.215 e. The van der Waals surface area contributed by atoms with E-state index in [2.05, 4.69) is 15.0 Å². The van der Waals surface area contributed by atoms with Gasteiger partial charge in [-0.15, -0.1) is 24.0 Å². The predicted molar refractivity (Wildman–Crippen MR) is 104 cm³/mol. The highest BCUT2D eigenvalue weighted by Gasteiger charge is 2.16.